The fourth-order valence-corrected chi connectivity index (χ4v) is 2.47. The van der Waals surface area contributed by atoms with Crippen LogP contribution in [0.3, 0.4) is 0 Å². The summed E-state index contributed by atoms with van der Waals surface area (Å²) in [5.41, 5.74) is 1.36. The molecule has 0 aliphatic rings. The Morgan fingerprint density at radius 2 is 2.05 bits per heavy atom. The van der Waals surface area contributed by atoms with E-state index in [0.717, 1.165) is 9.86 Å². The lowest BCUT2D eigenvalue weighted by Gasteiger charge is -2.07. The number of nitrogens with zero attached hydrogens (tertiary/aromatic N) is 1. The lowest BCUT2D eigenvalue weighted by molar-refractivity contribution is 0.192. The number of aromatic nitrogens is 1. The quantitative estimate of drug-likeness (QED) is 0.756. The first-order valence-corrected chi connectivity index (χ1v) is 6.78. The van der Waals surface area contributed by atoms with Crippen LogP contribution in [-0.2, 0) is 0 Å². The topological polar surface area (TPSA) is 46.3 Å². The molecular weight excluding hydrogens is 330 g/mol. The maximum Gasteiger partial charge on any atom is 0.138 e. The minimum atomic E-state index is -0.851. The van der Waals surface area contributed by atoms with Crippen molar-refractivity contribution in [2.24, 2.45) is 0 Å². The highest BCUT2D eigenvalue weighted by Gasteiger charge is 2.16. The van der Waals surface area contributed by atoms with Crippen molar-refractivity contribution < 1.29 is 9.52 Å². The molecule has 0 saturated carbocycles. The van der Waals surface area contributed by atoms with Gasteiger partial charge in [0, 0.05) is 32.8 Å². The van der Waals surface area contributed by atoms with Gasteiger partial charge in [0.1, 0.15) is 17.4 Å². The molecule has 5 heteroatoms. The Labute approximate surface area is 123 Å². The number of benzene rings is 1. The first-order chi connectivity index (χ1) is 9.13. The number of aliphatic hydroxyl groups is 1. The van der Waals surface area contributed by atoms with Crippen LogP contribution in [-0.4, -0.2) is 10.1 Å². The van der Waals surface area contributed by atoms with E-state index in [1.165, 1.54) is 0 Å². The van der Waals surface area contributed by atoms with E-state index in [4.69, 9.17) is 16.0 Å². The second kappa shape index (κ2) is 4.96. The van der Waals surface area contributed by atoms with E-state index in [0.29, 0.717) is 21.9 Å². The maximum atomic E-state index is 10.3. The molecule has 0 fully saturated rings. The fraction of sp³-hybridized carbons (Fsp3) is 0.0714. The molecule has 1 atom stereocenters. The zero-order valence-corrected chi connectivity index (χ0v) is 12.0. The zero-order valence-electron chi connectivity index (χ0n) is 9.68. The maximum absolute atomic E-state index is 10.3. The third kappa shape index (κ3) is 2.52. The van der Waals surface area contributed by atoms with Crippen LogP contribution < -0.4 is 0 Å². The van der Waals surface area contributed by atoms with Crippen molar-refractivity contribution in [1.29, 1.82) is 0 Å². The molecule has 3 rings (SSSR count). The highest BCUT2D eigenvalue weighted by Crippen LogP contribution is 2.30. The van der Waals surface area contributed by atoms with Gasteiger partial charge in [-0.25, -0.2) is 0 Å². The third-order valence-corrected chi connectivity index (χ3v) is 3.48. The van der Waals surface area contributed by atoms with Crippen molar-refractivity contribution >= 4 is 38.5 Å². The Hall–Kier alpha value is -1.36. The molecule has 2 aromatic heterocycles. The Kier molecular flexibility index (Phi) is 3.31. The summed E-state index contributed by atoms with van der Waals surface area (Å²) in [5.74, 6) is 0.470. The summed E-state index contributed by atoms with van der Waals surface area (Å²) in [6, 6.07) is 8.93. The summed E-state index contributed by atoms with van der Waals surface area (Å²) in [6.45, 7) is 0. The Balaban J connectivity index is 2.04. The SMILES string of the molecule is OC(c1cncc(Br)c1)c1cc2cc(Cl)ccc2o1. The average Bonchev–Trinajstić information content (AvgIpc) is 2.80. The van der Waals surface area contributed by atoms with Gasteiger partial charge < -0.3 is 9.52 Å². The van der Waals surface area contributed by atoms with Crippen molar-refractivity contribution in [2.45, 2.75) is 6.10 Å². The molecule has 0 spiro atoms. The van der Waals surface area contributed by atoms with Crippen LogP contribution in [0.5, 0.6) is 0 Å². The summed E-state index contributed by atoms with van der Waals surface area (Å²) in [5, 5.41) is 11.8. The van der Waals surface area contributed by atoms with Gasteiger partial charge in [-0.2, -0.15) is 0 Å². The van der Waals surface area contributed by atoms with Gasteiger partial charge in [-0.05, 0) is 46.3 Å². The molecule has 1 unspecified atom stereocenters. The first kappa shape index (κ1) is 12.7. The molecule has 0 radical (unpaired) electrons. The van der Waals surface area contributed by atoms with E-state index >= 15 is 0 Å². The highest BCUT2D eigenvalue weighted by atomic mass is 79.9. The molecule has 2 heterocycles. The van der Waals surface area contributed by atoms with Gasteiger partial charge in [-0.1, -0.05) is 11.6 Å². The number of pyridine rings is 1. The Morgan fingerprint density at radius 3 is 2.84 bits per heavy atom. The Bertz CT molecular complexity index is 741. The lowest BCUT2D eigenvalue weighted by atomic mass is 10.1. The molecule has 0 aliphatic carbocycles. The van der Waals surface area contributed by atoms with Crippen molar-refractivity contribution in [3.63, 3.8) is 0 Å². The monoisotopic (exact) mass is 337 g/mol. The van der Waals surface area contributed by atoms with Gasteiger partial charge in [-0.3, -0.25) is 4.98 Å². The van der Waals surface area contributed by atoms with Gasteiger partial charge in [0.15, 0.2) is 0 Å². The van der Waals surface area contributed by atoms with Crippen LogP contribution in [0.15, 0.2) is 51.6 Å². The van der Waals surface area contributed by atoms with Crippen molar-refractivity contribution in [3.8, 4) is 0 Å². The summed E-state index contributed by atoms with van der Waals surface area (Å²) in [7, 11) is 0. The smallest absolute Gasteiger partial charge is 0.138 e. The van der Waals surface area contributed by atoms with Crippen molar-refractivity contribution in [3.05, 3.63) is 63.5 Å². The summed E-state index contributed by atoms with van der Waals surface area (Å²) in [4.78, 5) is 4.03. The normalized spacial score (nSPS) is 12.8. The molecule has 0 saturated heterocycles. The predicted octanol–water partition coefficient (Wildman–Crippen LogP) is 4.33. The number of fused-ring (bicyclic) bond motifs is 1. The van der Waals surface area contributed by atoms with Gasteiger partial charge in [0.05, 0.1) is 0 Å². The van der Waals surface area contributed by atoms with Crippen LogP contribution in [0.2, 0.25) is 5.02 Å². The van der Waals surface area contributed by atoms with Gasteiger partial charge in [-0.15, -0.1) is 0 Å². The largest absolute Gasteiger partial charge is 0.458 e. The van der Waals surface area contributed by atoms with E-state index < -0.39 is 6.10 Å². The zero-order chi connectivity index (χ0) is 13.4. The summed E-state index contributed by atoms with van der Waals surface area (Å²) >= 11 is 9.25. The van der Waals surface area contributed by atoms with Gasteiger partial charge >= 0.3 is 0 Å². The van der Waals surface area contributed by atoms with Gasteiger partial charge in [0.25, 0.3) is 0 Å². The molecule has 3 nitrogen and oxygen atoms in total. The van der Waals surface area contributed by atoms with Crippen molar-refractivity contribution in [2.75, 3.05) is 0 Å². The number of hydrogen-bond donors (Lipinski definition) is 1. The minimum absolute atomic E-state index is 0.470. The van der Waals surface area contributed by atoms with Crippen molar-refractivity contribution in [1.82, 2.24) is 4.98 Å². The van der Waals surface area contributed by atoms with E-state index in [1.807, 2.05) is 0 Å². The minimum Gasteiger partial charge on any atom is -0.458 e. The molecule has 1 aromatic carbocycles. The molecule has 1 N–H and O–H groups in total. The van der Waals surface area contributed by atoms with E-state index in [9.17, 15) is 5.11 Å². The third-order valence-electron chi connectivity index (χ3n) is 2.81. The summed E-state index contributed by atoms with van der Waals surface area (Å²) in [6.07, 6.45) is 2.42. The predicted molar refractivity (Wildman–Crippen MR) is 77.2 cm³/mol. The highest BCUT2D eigenvalue weighted by molar-refractivity contribution is 9.10. The van der Waals surface area contributed by atoms with Crippen LogP contribution in [0.25, 0.3) is 11.0 Å². The lowest BCUT2D eigenvalue weighted by Crippen LogP contribution is -1.98. The van der Waals surface area contributed by atoms with Gasteiger partial charge in [0.2, 0.25) is 0 Å². The van der Waals surface area contributed by atoms with E-state index in [2.05, 4.69) is 20.9 Å². The van der Waals surface area contributed by atoms with Crippen LogP contribution >= 0.6 is 27.5 Å². The number of furan rings is 1. The molecule has 0 amide bonds. The van der Waals surface area contributed by atoms with E-state index in [-0.39, 0.29) is 0 Å². The number of halogens is 2. The summed E-state index contributed by atoms with van der Waals surface area (Å²) < 4.78 is 6.44. The average molecular weight is 339 g/mol. The second-order valence-corrected chi connectivity index (χ2v) is 5.52. The molecular formula is C14H9BrClNO2. The molecule has 0 bridgehead atoms. The Morgan fingerprint density at radius 1 is 1.21 bits per heavy atom. The standard InChI is InChI=1S/C14H9BrClNO2/c15-10-3-9(6-17-7-10)14(18)13-5-8-4-11(16)1-2-12(8)19-13/h1-7,14,18H. The first-order valence-electron chi connectivity index (χ1n) is 5.61. The fourth-order valence-electron chi connectivity index (χ4n) is 1.91. The molecule has 96 valence electrons. The van der Waals surface area contributed by atoms with Crippen LogP contribution in [0, 0.1) is 0 Å². The molecule has 19 heavy (non-hydrogen) atoms. The number of hydrogen-bond acceptors (Lipinski definition) is 3. The molecule has 3 aromatic rings. The number of rotatable bonds is 2. The van der Waals surface area contributed by atoms with Crippen LogP contribution in [0.1, 0.15) is 17.4 Å². The van der Waals surface area contributed by atoms with E-state index in [1.54, 1.807) is 42.7 Å². The number of aliphatic hydroxyl groups excluding tert-OH is 1. The second-order valence-electron chi connectivity index (χ2n) is 4.17. The van der Waals surface area contributed by atoms with Crippen LogP contribution in [0.4, 0.5) is 0 Å². The molecule has 0 aliphatic heterocycles.